The zero-order valence-corrected chi connectivity index (χ0v) is 20.2. The molecule has 2 saturated carbocycles. The number of benzene rings is 2. The Balaban J connectivity index is 1.36. The van der Waals surface area contributed by atoms with E-state index in [-0.39, 0.29) is 35.0 Å². The molecule has 0 N–H and O–H groups in total. The maximum atomic E-state index is 13.7. The minimum absolute atomic E-state index is 0.0272. The van der Waals surface area contributed by atoms with Crippen LogP contribution < -0.4 is 0 Å². The lowest BCUT2D eigenvalue weighted by Gasteiger charge is -2.37. The van der Waals surface area contributed by atoms with Crippen molar-refractivity contribution in [2.75, 3.05) is 6.54 Å². The van der Waals surface area contributed by atoms with Crippen molar-refractivity contribution in [3.63, 3.8) is 0 Å². The molecule has 7 rings (SSSR count). The second-order valence-electron chi connectivity index (χ2n) is 10.2. The highest BCUT2D eigenvalue weighted by atomic mass is 35.5. The van der Waals surface area contributed by atoms with Crippen molar-refractivity contribution < 1.29 is 19.2 Å². The summed E-state index contributed by atoms with van der Waals surface area (Å²) < 4.78 is 0. The van der Waals surface area contributed by atoms with Gasteiger partial charge in [0, 0.05) is 16.1 Å². The van der Waals surface area contributed by atoms with E-state index in [4.69, 9.17) is 11.6 Å². The summed E-state index contributed by atoms with van der Waals surface area (Å²) in [7, 11) is 0. The summed E-state index contributed by atoms with van der Waals surface area (Å²) in [5, 5.41) is 2.48. The van der Waals surface area contributed by atoms with E-state index in [1.165, 1.54) is 12.1 Å². The molecule has 1 saturated heterocycles. The van der Waals surface area contributed by atoms with Crippen LogP contribution in [0.25, 0.3) is 0 Å². The number of hydrogen-bond donors (Lipinski definition) is 0. The van der Waals surface area contributed by atoms with E-state index in [9.17, 15) is 19.2 Å². The number of Topliss-reactive ketones (excluding diaryl/α,β-unsaturated/α-hetero) is 1. The monoisotopic (exact) mass is 488 g/mol. The molecule has 6 nitrogen and oxygen atoms in total. The molecule has 1 heterocycles. The largest absolute Gasteiger partial charge is 0.292 e. The van der Waals surface area contributed by atoms with Crippen LogP contribution in [0.2, 0.25) is 5.02 Å². The molecule has 5 aliphatic rings. The van der Waals surface area contributed by atoms with Gasteiger partial charge in [-0.25, -0.2) is 5.01 Å². The summed E-state index contributed by atoms with van der Waals surface area (Å²) in [6.45, 7) is 3.46. The standard InChI is InChI=1S/C28H25ClN2O4/c1-14-3-4-17(11-15(14)2)23(32)13-30(26(33)16-5-7-18(29)8-6-16)31-27(34)24-19-9-10-20(22-12-21(19)22)25(24)28(31)35/h3-11,19-22,24-25H,12-13H2,1-2H3/t19-,20-,21-,22-,24+,25+/m0/s1. The van der Waals surface area contributed by atoms with E-state index in [0.29, 0.717) is 22.4 Å². The van der Waals surface area contributed by atoms with Gasteiger partial charge in [-0.05, 0) is 85.4 Å². The molecule has 178 valence electrons. The molecule has 0 aromatic heterocycles. The van der Waals surface area contributed by atoms with Crippen molar-refractivity contribution in [1.29, 1.82) is 0 Å². The highest BCUT2D eigenvalue weighted by Gasteiger charge is 2.68. The molecule has 0 spiro atoms. The fourth-order valence-electron chi connectivity index (χ4n) is 6.30. The van der Waals surface area contributed by atoms with E-state index in [2.05, 4.69) is 12.2 Å². The Bertz CT molecular complexity index is 1280. The van der Waals surface area contributed by atoms with Crippen LogP contribution in [0.15, 0.2) is 54.6 Å². The number of imide groups is 1. The summed E-state index contributed by atoms with van der Waals surface area (Å²) in [6, 6.07) is 11.6. The predicted molar refractivity (Wildman–Crippen MR) is 129 cm³/mol. The highest BCUT2D eigenvalue weighted by Crippen LogP contribution is 2.65. The van der Waals surface area contributed by atoms with E-state index in [1.54, 1.807) is 24.3 Å². The zero-order chi connectivity index (χ0) is 24.6. The fourth-order valence-corrected chi connectivity index (χ4v) is 6.42. The number of nitrogens with zero attached hydrogens (tertiary/aromatic N) is 2. The Labute approximate surface area is 208 Å². The normalized spacial score (nSPS) is 29.7. The second kappa shape index (κ2) is 7.89. The van der Waals surface area contributed by atoms with Gasteiger partial charge < -0.3 is 0 Å². The number of halogens is 1. The van der Waals surface area contributed by atoms with Gasteiger partial charge in [-0.3, -0.25) is 19.2 Å². The Morgan fingerprint density at radius 3 is 2.03 bits per heavy atom. The van der Waals surface area contributed by atoms with Gasteiger partial charge in [-0.1, -0.05) is 35.9 Å². The lowest BCUT2D eigenvalue weighted by molar-refractivity contribution is -0.154. The van der Waals surface area contributed by atoms with Crippen molar-refractivity contribution >= 4 is 35.1 Å². The molecule has 3 amide bonds. The number of allylic oxidation sites excluding steroid dienone is 2. The van der Waals surface area contributed by atoms with E-state index in [0.717, 1.165) is 27.6 Å². The number of hydrazine groups is 1. The van der Waals surface area contributed by atoms with Gasteiger partial charge in [0.1, 0.15) is 6.54 Å². The lowest BCUT2D eigenvalue weighted by atomic mass is 9.63. The summed E-state index contributed by atoms with van der Waals surface area (Å²) in [5.41, 5.74) is 2.68. The Morgan fingerprint density at radius 2 is 1.46 bits per heavy atom. The zero-order valence-electron chi connectivity index (χ0n) is 19.5. The van der Waals surface area contributed by atoms with Crippen molar-refractivity contribution in [3.8, 4) is 0 Å². The van der Waals surface area contributed by atoms with E-state index >= 15 is 0 Å². The van der Waals surface area contributed by atoms with E-state index < -0.39 is 24.3 Å². The van der Waals surface area contributed by atoms with Crippen LogP contribution in [-0.2, 0) is 9.59 Å². The van der Waals surface area contributed by atoms with Crippen LogP contribution in [0.4, 0.5) is 0 Å². The molecular formula is C28H25ClN2O4. The molecule has 0 radical (unpaired) electrons. The number of hydrogen-bond acceptors (Lipinski definition) is 4. The first kappa shape index (κ1) is 22.2. The molecule has 35 heavy (non-hydrogen) atoms. The maximum Gasteiger partial charge on any atom is 0.273 e. The van der Waals surface area contributed by atoms with Gasteiger partial charge in [-0.15, -0.1) is 0 Å². The SMILES string of the molecule is Cc1ccc(C(=O)CN(C(=O)c2ccc(Cl)cc2)N2C(=O)[C@@H]3[C@H]4C=C[C@@H]([C@@H]5C[C@@H]45)[C@H]3C2=O)cc1C. The smallest absolute Gasteiger partial charge is 0.273 e. The first-order chi connectivity index (χ1) is 16.8. The van der Waals surface area contributed by atoms with Crippen molar-refractivity contribution in [1.82, 2.24) is 10.0 Å². The first-order valence-electron chi connectivity index (χ1n) is 12.0. The molecule has 1 aliphatic heterocycles. The molecule has 7 heteroatoms. The van der Waals surface area contributed by atoms with Gasteiger partial charge in [0.25, 0.3) is 17.7 Å². The molecule has 2 aromatic carbocycles. The van der Waals surface area contributed by atoms with Crippen LogP contribution in [-0.4, -0.2) is 40.1 Å². The second-order valence-corrected chi connectivity index (χ2v) is 10.7. The molecule has 2 bridgehead atoms. The van der Waals surface area contributed by atoms with E-state index in [1.807, 2.05) is 19.9 Å². The molecule has 2 aromatic rings. The third-order valence-electron chi connectivity index (χ3n) is 8.33. The topological polar surface area (TPSA) is 74.8 Å². The van der Waals surface area contributed by atoms with Crippen LogP contribution in [0.5, 0.6) is 0 Å². The third-order valence-corrected chi connectivity index (χ3v) is 8.58. The number of aryl methyl sites for hydroxylation is 2. The molecule has 6 atom stereocenters. The number of amides is 3. The van der Waals surface area contributed by atoms with Gasteiger partial charge >= 0.3 is 0 Å². The van der Waals surface area contributed by atoms with Gasteiger partial charge in [0.05, 0.1) is 11.8 Å². The minimum atomic E-state index is -0.579. The number of carbonyl (C=O) groups is 4. The Kier molecular flexibility index (Phi) is 5.01. The summed E-state index contributed by atoms with van der Waals surface area (Å²) in [5.74, 6) is -1.64. The molecular weight excluding hydrogens is 464 g/mol. The molecule has 0 unspecified atom stereocenters. The fraction of sp³-hybridized carbons (Fsp3) is 0.357. The third kappa shape index (κ3) is 3.38. The average molecular weight is 489 g/mol. The predicted octanol–water partition coefficient (Wildman–Crippen LogP) is 4.25. The summed E-state index contributed by atoms with van der Waals surface area (Å²) in [4.78, 5) is 54.4. The minimum Gasteiger partial charge on any atom is -0.292 e. The number of ketones is 1. The Morgan fingerprint density at radius 1 is 0.886 bits per heavy atom. The quantitative estimate of drug-likeness (QED) is 0.358. The van der Waals surface area contributed by atoms with Crippen LogP contribution in [0, 0.1) is 49.4 Å². The van der Waals surface area contributed by atoms with Gasteiger partial charge in [-0.2, -0.15) is 5.01 Å². The summed E-state index contributed by atoms with van der Waals surface area (Å²) >= 11 is 6.00. The van der Waals surface area contributed by atoms with Crippen molar-refractivity contribution in [2.24, 2.45) is 35.5 Å². The lowest BCUT2D eigenvalue weighted by Crippen LogP contribution is -2.52. The van der Waals surface area contributed by atoms with Crippen molar-refractivity contribution in [2.45, 2.75) is 20.3 Å². The van der Waals surface area contributed by atoms with Crippen molar-refractivity contribution in [3.05, 3.63) is 81.9 Å². The van der Waals surface area contributed by atoms with Crippen LogP contribution >= 0.6 is 11.6 Å². The molecule has 4 aliphatic carbocycles. The molecule has 3 fully saturated rings. The summed E-state index contributed by atoms with van der Waals surface area (Å²) in [6.07, 6.45) is 5.22. The number of rotatable bonds is 5. The van der Waals surface area contributed by atoms with Gasteiger partial charge in [0.15, 0.2) is 5.78 Å². The Hall–Kier alpha value is -3.25. The first-order valence-corrected chi connectivity index (χ1v) is 12.4. The average Bonchev–Trinajstić information content (AvgIpc) is 3.63. The van der Waals surface area contributed by atoms with Crippen LogP contribution in [0.3, 0.4) is 0 Å². The maximum absolute atomic E-state index is 13.7. The highest BCUT2D eigenvalue weighted by molar-refractivity contribution is 6.30. The van der Waals surface area contributed by atoms with Crippen LogP contribution in [0.1, 0.15) is 38.3 Å². The van der Waals surface area contributed by atoms with Gasteiger partial charge in [0.2, 0.25) is 0 Å². The number of carbonyl (C=O) groups excluding carboxylic acids is 4.